The molecule has 30 heavy (non-hydrogen) atoms. The second-order valence-corrected chi connectivity index (χ2v) is 7.62. The van der Waals surface area contributed by atoms with Gasteiger partial charge in [0.25, 0.3) is 0 Å². The van der Waals surface area contributed by atoms with Gasteiger partial charge in [0, 0.05) is 0 Å². The van der Waals surface area contributed by atoms with Crippen LogP contribution in [0.2, 0.25) is 0 Å². The average Bonchev–Trinajstić information content (AvgIpc) is 2.61. The van der Waals surface area contributed by atoms with Gasteiger partial charge in [-0.1, -0.05) is 54.4 Å². The van der Waals surface area contributed by atoms with Gasteiger partial charge in [-0.3, -0.25) is 10.5 Å². The first-order chi connectivity index (χ1) is 13.9. The lowest BCUT2D eigenvalue weighted by Crippen LogP contribution is -2.06. The quantitative estimate of drug-likeness (QED) is 0.147. The molecular weight excluding hydrogens is 400 g/mol. The van der Waals surface area contributed by atoms with Crippen LogP contribution < -0.4 is 0 Å². The summed E-state index contributed by atoms with van der Waals surface area (Å²) >= 11 is 0. The van der Waals surface area contributed by atoms with Crippen LogP contribution in [-0.4, -0.2) is 56.5 Å². The predicted octanol–water partition coefficient (Wildman–Crippen LogP) is 6.32. The van der Waals surface area contributed by atoms with Crippen molar-refractivity contribution in [1.29, 1.82) is 0 Å². The van der Waals surface area contributed by atoms with E-state index >= 15 is 0 Å². The van der Waals surface area contributed by atoms with Gasteiger partial charge in [0.15, 0.2) is 0 Å². The van der Waals surface area contributed by atoms with Crippen molar-refractivity contribution >= 4 is 12.3 Å². The molecule has 0 aromatic carbocycles. The zero-order chi connectivity index (χ0) is 24.5. The summed E-state index contributed by atoms with van der Waals surface area (Å²) in [4.78, 5) is 25.2. The SMILES string of the molecule is CCC(CCOO)CC(C)C.CCC(CCOO)CC(C)C.O=C(O)O.O=C(O)O. The lowest BCUT2D eigenvalue weighted by atomic mass is 9.92. The fourth-order valence-corrected chi connectivity index (χ4v) is 2.75. The summed E-state index contributed by atoms with van der Waals surface area (Å²) in [6.07, 6.45) is 3.12. The molecule has 2 unspecified atom stereocenters. The molecule has 0 aliphatic carbocycles. The van der Waals surface area contributed by atoms with Crippen LogP contribution in [0.4, 0.5) is 9.59 Å². The van der Waals surface area contributed by atoms with Crippen molar-refractivity contribution in [2.75, 3.05) is 13.2 Å². The summed E-state index contributed by atoms with van der Waals surface area (Å²) < 4.78 is 0. The fraction of sp³-hybridized carbons (Fsp3) is 0.900. The first-order valence-corrected chi connectivity index (χ1v) is 10.2. The Balaban J connectivity index is -0.000000167. The van der Waals surface area contributed by atoms with Gasteiger partial charge in [-0.15, -0.1) is 0 Å². The molecule has 6 N–H and O–H groups in total. The number of hydrogen-bond donors (Lipinski definition) is 6. The molecule has 10 nitrogen and oxygen atoms in total. The van der Waals surface area contributed by atoms with Crippen molar-refractivity contribution in [3.63, 3.8) is 0 Å². The molecule has 10 heteroatoms. The van der Waals surface area contributed by atoms with E-state index in [9.17, 15) is 0 Å². The van der Waals surface area contributed by atoms with Crippen molar-refractivity contribution in [2.45, 2.75) is 80.1 Å². The molecule has 2 atom stereocenters. The van der Waals surface area contributed by atoms with Crippen molar-refractivity contribution in [2.24, 2.45) is 23.7 Å². The van der Waals surface area contributed by atoms with E-state index in [4.69, 9.17) is 40.5 Å². The maximum Gasteiger partial charge on any atom is 0.503 e. The largest absolute Gasteiger partial charge is 0.503 e. The highest BCUT2D eigenvalue weighted by atomic mass is 17.1. The normalized spacial score (nSPS) is 11.8. The maximum atomic E-state index is 8.56. The monoisotopic (exact) mass is 444 g/mol. The van der Waals surface area contributed by atoms with Crippen LogP contribution in [0.15, 0.2) is 0 Å². The summed E-state index contributed by atoms with van der Waals surface area (Å²) in [5.41, 5.74) is 0. The molecule has 0 bridgehead atoms. The standard InChI is InChI=1S/2C9H20O2.2CH2O3/c2*1-4-9(5-6-11-10)7-8(2)3;2*2-1(3)4/h2*8-10H,4-7H2,1-3H3;2*(H2,2,3,4). The van der Waals surface area contributed by atoms with Gasteiger partial charge in [0.05, 0.1) is 13.2 Å². The molecule has 0 heterocycles. The summed E-state index contributed by atoms with van der Waals surface area (Å²) in [5, 5.41) is 44.2. The lowest BCUT2D eigenvalue weighted by molar-refractivity contribution is -0.244. The Kier molecular flexibility index (Phi) is 32.7. The highest BCUT2D eigenvalue weighted by Crippen LogP contribution is 2.19. The maximum absolute atomic E-state index is 8.56. The minimum atomic E-state index is -1.83. The van der Waals surface area contributed by atoms with Crippen LogP contribution in [0.1, 0.15) is 80.1 Å². The molecule has 0 amide bonds. The van der Waals surface area contributed by atoms with Crippen LogP contribution in [-0.2, 0) is 9.78 Å². The fourth-order valence-electron chi connectivity index (χ4n) is 2.75. The Bertz CT molecular complexity index is 319. The Labute approximate surface area is 180 Å². The number of carboxylic acid groups (broad SMARTS) is 4. The summed E-state index contributed by atoms with van der Waals surface area (Å²) in [6, 6.07) is 0. The van der Waals surface area contributed by atoms with Gasteiger partial charge in [-0.2, -0.15) is 0 Å². The molecule has 0 rings (SSSR count). The van der Waals surface area contributed by atoms with Crippen molar-refractivity contribution in [3.05, 3.63) is 0 Å². The van der Waals surface area contributed by atoms with Crippen LogP contribution in [0.5, 0.6) is 0 Å². The molecule has 0 saturated heterocycles. The molecule has 184 valence electrons. The minimum Gasteiger partial charge on any atom is -0.450 e. The smallest absolute Gasteiger partial charge is 0.450 e. The third-order valence-electron chi connectivity index (χ3n) is 4.00. The van der Waals surface area contributed by atoms with Crippen LogP contribution >= 0.6 is 0 Å². The first-order valence-electron chi connectivity index (χ1n) is 10.2. The molecule has 0 aliphatic heterocycles. The second kappa shape index (κ2) is 27.4. The molecule has 0 spiro atoms. The average molecular weight is 445 g/mol. The Morgan fingerprint density at radius 3 is 1.03 bits per heavy atom. The molecule has 0 radical (unpaired) electrons. The van der Waals surface area contributed by atoms with Gasteiger partial charge in [-0.05, 0) is 49.4 Å². The molecule has 0 saturated carbocycles. The lowest BCUT2D eigenvalue weighted by Gasteiger charge is -2.15. The molecule has 0 aromatic rings. The highest BCUT2D eigenvalue weighted by Gasteiger charge is 2.08. The number of rotatable bonds is 12. The van der Waals surface area contributed by atoms with Crippen molar-refractivity contribution in [1.82, 2.24) is 0 Å². The summed E-state index contributed by atoms with van der Waals surface area (Å²) in [6.45, 7) is 14.2. The van der Waals surface area contributed by atoms with Crippen LogP contribution in [0.25, 0.3) is 0 Å². The zero-order valence-electron chi connectivity index (χ0n) is 19.3. The van der Waals surface area contributed by atoms with Gasteiger partial charge < -0.3 is 20.4 Å². The predicted molar refractivity (Wildman–Crippen MR) is 114 cm³/mol. The zero-order valence-corrected chi connectivity index (χ0v) is 19.3. The summed E-state index contributed by atoms with van der Waals surface area (Å²) in [5.74, 6) is 2.92. The van der Waals surface area contributed by atoms with E-state index in [2.05, 4.69) is 51.3 Å². The van der Waals surface area contributed by atoms with Crippen LogP contribution in [0.3, 0.4) is 0 Å². The van der Waals surface area contributed by atoms with Crippen LogP contribution in [0, 0.1) is 23.7 Å². The molecule has 0 aliphatic rings. The Morgan fingerprint density at radius 2 is 0.900 bits per heavy atom. The van der Waals surface area contributed by atoms with Gasteiger partial charge in [-0.25, -0.2) is 19.4 Å². The van der Waals surface area contributed by atoms with Gasteiger partial charge in [0.2, 0.25) is 0 Å². The minimum absolute atomic E-state index is 0.477. The topological polar surface area (TPSA) is 174 Å². The number of carbonyl (C=O) groups is 2. The van der Waals surface area contributed by atoms with E-state index in [1.165, 1.54) is 25.7 Å². The van der Waals surface area contributed by atoms with E-state index in [0.29, 0.717) is 25.0 Å². The van der Waals surface area contributed by atoms with E-state index in [-0.39, 0.29) is 0 Å². The highest BCUT2D eigenvalue weighted by molar-refractivity contribution is 5.53. The van der Waals surface area contributed by atoms with E-state index in [1.54, 1.807) is 0 Å². The van der Waals surface area contributed by atoms with E-state index in [1.807, 2.05) is 0 Å². The van der Waals surface area contributed by atoms with Crippen molar-refractivity contribution < 1.29 is 50.3 Å². The van der Waals surface area contributed by atoms with Gasteiger partial charge in [0.1, 0.15) is 0 Å². The molecular formula is C20H44O10. The Hall–Kier alpha value is -1.62. The molecule has 0 aromatic heterocycles. The van der Waals surface area contributed by atoms with Crippen molar-refractivity contribution in [3.8, 4) is 0 Å². The van der Waals surface area contributed by atoms with E-state index in [0.717, 1.165) is 24.7 Å². The summed E-state index contributed by atoms with van der Waals surface area (Å²) in [7, 11) is 0. The Morgan fingerprint density at radius 1 is 0.667 bits per heavy atom. The first kappa shape index (κ1) is 35.8. The van der Waals surface area contributed by atoms with E-state index < -0.39 is 12.3 Å². The third kappa shape index (κ3) is 50.3. The second-order valence-electron chi connectivity index (χ2n) is 7.62. The van der Waals surface area contributed by atoms with Gasteiger partial charge >= 0.3 is 12.3 Å². The number of hydrogen-bond acceptors (Lipinski definition) is 6. The molecule has 0 fully saturated rings. The third-order valence-corrected chi connectivity index (χ3v) is 4.00.